The molecule has 2 aromatic rings. The molecule has 2 heterocycles. The first kappa shape index (κ1) is 20.0. The summed E-state index contributed by atoms with van der Waals surface area (Å²) in [7, 11) is 4.17. The zero-order valence-electron chi connectivity index (χ0n) is 17.8. The number of nitrogens with one attached hydrogen (secondary N) is 3. The van der Waals surface area contributed by atoms with E-state index in [1.165, 1.54) is 49.3 Å². The Morgan fingerprint density at radius 3 is 2.17 bits per heavy atom. The molecular weight excluding hydrogens is 358 g/mol. The molecule has 0 bridgehead atoms. The van der Waals surface area contributed by atoms with Crippen molar-refractivity contribution >= 4 is 17.1 Å². The highest BCUT2D eigenvalue weighted by atomic mass is 15.3. The van der Waals surface area contributed by atoms with Crippen molar-refractivity contribution in [2.45, 2.75) is 31.2 Å². The fraction of sp³-hybridized carbons (Fsp3) is 0.500. The zero-order valence-corrected chi connectivity index (χ0v) is 17.8. The summed E-state index contributed by atoms with van der Waals surface area (Å²) in [6.45, 7) is 5.55. The van der Waals surface area contributed by atoms with E-state index < -0.39 is 0 Å². The first-order valence-electron chi connectivity index (χ1n) is 11.0. The molecule has 2 fully saturated rings. The van der Waals surface area contributed by atoms with Crippen molar-refractivity contribution < 1.29 is 0 Å². The maximum absolute atomic E-state index is 3.67. The van der Waals surface area contributed by atoms with Crippen LogP contribution in [0.1, 0.15) is 30.7 Å². The predicted octanol–water partition coefficient (Wildman–Crippen LogP) is 4.09. The fourth-order valence-electron chi connectivity index (χ4n) is 4.48. The van der Waals surface area contributed by atoms with Crippen LogP contribution in [-0.4, -0.2) is 62.8 Å². The minimum Gasteiger partial charge on any atom is -0.388 e. The number of likely N-dealkylation sites (tertiary alicyclic amines) is 2. The van der Waals surface area contributed by atoms with Crippen LogP contribution >= 0.6 is 0 Å². The van der Waals surface area contributed by atoms with E-state index in [1.54, 1.807) is 0 Å². The van der Waals surface area contributed by atoms with E-state index in [2.05, 4.69) is 81.3 Å². The molecule has 2 aromatic carbocycles. The minimum atomic E-state index is 0.518. The van der Waals surface area contributed by atoms with Gasteiger partial charge in [-0.2, -0.15) is 0 Å². The molecule has 156 valence electrons. The molecule has 0 amide bonds. The SMILES string of the molecule is CNc1ccc(NC2CCN(CNc3ccc(C4CCN(C)CC4)cc3)C2)cc1. The summed E-state index contributed by atoms with van der Waals surface area (Å²) in [5.74, 6) is 0.729. The fourth-order valence-corrected chi connectivity index (χ4v) is 4.48. The van der Waals surface area contributed by atoms with E-state index in [9.17, 15) is 0 Å². The molecule has 2 aliphatic rings. The number of nitrogens with zero attached hydrogens (tertiary/aromatic N) is 2. The molecule has 5 heteroatoms. The molecule has 2 aliphatic heterocycles. The van der Waals surface area contributed by atoms with Gasteiger partial charge in [-0.3, -0.25) is 4.90 Å². The molecule has 1 unspecified atom stereocenters. The molecule has 4 rings (SSSR count). The van der Waals surface area contributed by atoms with Gasteiger partial charge in [0.1, 0.15) is 0 Å². The third-order valence-corrected chi connectivity index (χ3v) is 6.42. The molecule has 0 radical (unpaired) electrons. The number of hydrogen-bond donors (Lipinski definition) is 3. The summed E-state index contributed by atoms with van der Waals surface area (Å²) in [6, 6.07) is 18.2. The van der Waals surface area contributed by atoms with Gasteiger partial charge in [0.25, 0.3) is 0 Å². The largest absolute Gasteiger partial charge is 0.388 e. The molecule has 0 saturated carbocycles. The smallest absolute Gasteiger partial charge is 0.0679 e. The highest BCUT2D eigenvalue weighted by Gasteiger charge is 2.22. The maximum atomic E-state index is 3.67. The zero-order chi connectivity index (χ0) is 20.1. The monoisotopic (exact) mass is 393 g/mol. The van der Waals surface area contributed by atoms with Crippen molar-refractivity contribution in [2.75, 3.05) is 62.9 Å². The van der Waals surface area contributed by atoms with E-state index >= 15 is 0 Å². The first-order valence-corrected chi connectivity index (χ1v) is 11.0. The molecular formula is C24H35N5. The molecule has 2 saturated heterocycles. The van der Waals surface area contributed by atoms with Gasteiger partial charge >= 0.3 is 0 Å². The van der Waals surface area contributed by atoms with Gasteiger partial charge in [-0.25, -0.2) is 0 Å². The normalized spacial score (nSPS) is 21.2. The molecule has 0 aliphatic carbocycles. The third-order valence-electron chi connectivity index (χ3n) is 6.42. The third kappa shape index (κ3) is 5.43. The van der Waals surface area contributed by atoms with Crippen molar-refractivity contribution in [2.24, 2.45) is 0 Å². The summed E-state index contributed by atoms with van der Waals surface area (Å²) in [4.78, 5) is 4.92. The lowest BCUT2D eigenvalue weighted by atomic mass is 9.89. The van der Waals surface area contributed by atoms with Gasteiger partial charge in [0.2, 0.25) is 0 Å². The van der Waals surface area contributed by atoms with E-state index in [0.717, 1.165) is 31.4 Å². The lowest BCUT2D eigenvalue weighted by molar-refractivity contribution is 0.255. The second kappa shape index (κ2) is 9.51. The number of anilines is 3. The van der Waals surface area contributed by atoms with Gasteiger partial charge in [0.05, 0.1) is 6.67 Å². The van der Waals surface area contributed by atoms with Crippen LogP contribution in [0.5, 0.6) is 0 Å². The van der Waals surface area contributed by atoms with Crippen LogP contribution in [0.25, 0.3) is 0 Å². The van der Waals surface area contributed by atoms with Crippen LogP contribution in [0.2, 0.25) is 0 Å². The van der Waals surface area contributed by atoms with Crippen LogP contribution in [0.3, 0.4) is 0 Å². The Balaban J connectivity index is 1.21. The van der Waals surface area contributed by atoms with E-state index in [-0.39, 0.29) is 0 Å². The second-order valence-electron chi connectivity index (χ2n) is 8.57. The van der Waals surface area contributed by atoms with Gasteiger partial charge in [-0.1, -0.05) is 12.1 Å². The number of hydrogen-bond acceptors (Lipinski definition) is 5. The summed E-state index contributed by atoms with van der Waals surface area (Å²) in [5.41, 5.74) is 5.07. The maximum Gasteiger partial charge on any atom is 0.0679 e. The van der Waals surface area contributed by atoms with Crippen LogP contribution in [-0.2, 0) is 0 Å². The van der Waals surface area contributed by atoms with Gasteiger partial charge in [-0.15, -0.1) is 0 Å². The number of rotatable bonds is 7. The molecule has 5 nitrogen and oxygen atoms in total. The summed E-state index contributed by atoms with van der Waals surface area (Å²) >= 11 is 0. The topological polar surface area (TPSA) is 42.6 Å². The van der Waals surface area contributed by atoms with Crippen molar-refractivity contribution in [1.82, 2.24) is 9.80 Å². The first-order chi connectivity index (χ1) is 14.2. The van der Waals surface area contributed by atoms with Crippen molar-refractivity contribution in [1.29, 1.82) is 0 Å². The summed E-state index contributed by atoms with van der Waals surface area (Å²) < 4.78 is 0. The van der Waals surface area contributed by atoms with Crippen LogP contribution in [0.4, 0.5) is 17.1 Å². The van der Waals surface area contributed by atoms with Gasteiger partial charge in [0.15, 0.2) is 0 Å². The Bertz CT molecular complexity index is 750. The Kier molecular flexibility index (Phi) is 6.57. The lowest BCUT2D eigenvalue weighted by Crippen LogP contribution is -2.30. The van der Waals surface area contributed by atoms with E-state index in [1.807, 2.05) is 7.05 Å². The summed E-state index contributed by atoms with van der Waals surface area (Å²) in [5, 5.41) is 10.4. The van der Waals surface area contributed by atoms with Crippen LogP contribution in [0, 0.1) is 0 Å². The molecule has 1 atom stereocenters. The average molecular weight is 394 g/mol. The molecule has 29 heavy (non-hydrogen) atoms. The molecule has 0 spiro atoms. The van der Waals surface area contributed by atoms with E-state index in [4.69, 9.17) is 0 Å². The minimum absolute atomic E-state index is 0.518. The standard InChI is InChI=1S/C24H35N5/c1-25-21-7-9-23(10-8-21)27-24-13-16-29(17-24)18-26-22-5-3-19(4-6-22)20-11-14-28(2)15-12-20/h3-10,20,24-27H,11-18H2,1-2H3. The highest BCUT2D eigenvalue weighted by molar-refractivity contribution is 5.53. The Hall–Kier alpha value is -2.24. The molecule has 3 N–H and O–H groups in total. The van der Waals surface area contributed by atoms with Gasteiger partial charge in [-0.05, 0) is 87.3 Å². The van der Waals surface area contributed by atoms with Crippen molar-refractivity contribution in [3.8, 4) is 0 Å². The quantitative estimate of drug-likeness (QED) is 0.661. The highest BCUT2D eigenvalue weighted by Crippen LogP contribution is 2.28. The lowest BCUT2D eigenvalue weighted by Gasteiger charge is -2.29. The average Bonchev–Trinajstić information content (AvgIpc) is 3.21. The van der Waals surface area contributed by atoms with Gasteiger partial charge < -0.3 is 20.9 Å². The van der Waals surface area contributed by atoms with Gasteiger partial charge in [0, 0.05) is 43.2 Å². The molecule has 0 aromatic heterocycles. The Morgan fingerprint density at radius 2 is 1.48 bits per heavy atom. The van der Waals surface area contributed by atoms with Crippen LogP contribution < -0.4 is 16.0 Å². The Morgan fingerprint density at radius 1 is 0.828 bits per heavy atom. The van der Waals surface area contributed by atoms with Crippen molar-refractivity contribution in [3.05, 3.63) is 54.1 Å². The van der Waals surface area contributed by atoms with E-state index in [0.29, 0.717) is 6.04 Å². The second-order valence-corrected chi connectivity index (χ2v) is 8.57. The van der Waals surface area contributed by atoms with Crippen molar-refractivity contribution in [3.63, 3.8) is 0 Å². The predicted molar refractivity (Wildman–Crippen MR) is 124 cm³/mol. The number of benzene rings is 2. The Labute approximate surface area is 175 Å². The number of piperidine rings is 1. The summed E-state index contributed by atoms with van der Waals surface area (Å²) in [6.07, 6.45) is 3.75. The van der Waals surface area contributed by atoms with Crippen LogP contribution in [0.15, 0.2) is 48.5 Å².